The zero-order valence-electron chi connectivity index (χ0n) is 12.4. The molecular weight excluding hydrogens is 320 g/mol. The van der Waals surface area contributed by atoms with Gasteiger partial charge in [0.25, 0.3) is 5.91 Å². The Bertz CT molecular complexity index is 667. The van der Waals surface area contributed by atoms with Gasteiger partial charge in [-0.15, -0.1) is 11.3 Å². The van der Waals surface area contributed by atoms with Crippen LogP contribution in [0.5, 0.6) is 0 Å². The summed E-state index contributed by atoms with van der Waals surface area (Å²) in [5.74, 6) is -0.301. The van der Waals surface area contributed by atoms with E-state index in [0.29, 0.717) is 14.9 Å². The van der Waals surface area contributed by atoms with Crippen molar-refractivity contribution < 1.29 is 9.59 Å². The Morgan fingerprint density at radius 1 is 1.18 bits per heavy atom. The van der Waals surface area contributed by atoms with Gasteiger partial charge in [0, 0.05) is 11.9 Å². The van der Waals surface area contributed by atoms with Crippen LogP contribution in [0.25, 0.3) is 0 Å². The lowest BCUT2D eigenvalue weighted by molar-refractivity contribution is -0.114. The van der Waals surface area contributed by atoms with Gasteiger partial charge in [-0.05, 0) is 36.2 Å². The third-order valence-electron chi connectivity index (χ3n) is 3.11. The summed E-state index contributed by atoms with van der Waals surface area (Å²) in [6, 6.07) is 10.8. The Balaban J connectivity index is 2.07. The highest BCUT2D eigenvalue weighted by molar-refractivity contribution is 7.18. The van der Waals surface area contributed by atoms with Crippen LogP contribution in [0.1, 0.15) is 41.5 Å². The molecule has 1 unspecified atom stereocenters. The molecule has 0 bridgehead atoms. The van der Waals surface area contributed by atoms with Gasteiger partial charge in [-0.2, -0.15) is 0 Å². The summed E-state index contributed by atoms with van der Waals surface area (Å²) in [5, 5.41) is 7.00. The van der Waals surface area contributed by atoms with Gasteiger partial charge in [0.05, 0.1) is 15.9 Å². The highest BCUT2D eigenvalue weighted by Gasteiger charge is 2.16. The van der Waals surface area contributed by atoms with Crippen LogP contribution in [0.3, 0.4) is 0 Å². The number of carbonyl (C=O) groups excluding carboxylic acids is 2. The van der Waals surface area contributed by atoms with Crippen LogP contribution in [0.2, 0.25) is 5.02 Å². The average molecular weight is 337 g/mol. The van der Waals surface area contributed by atoms with Crippen LogP contribution in [-0.2, 0) is 4.79 Å². The first kappa shape index (κ1) is 16.5. The van der Waals surface area contributed by atoms with Gasteiger partial charge < -0.3 is 10.6 Å². The van der Waals surface area contributed by atoms with E-state index in [4.69, 9.17) is 11.6 Å². The fraction of sp³-hybridized carbons (Fsp3) is 0.250. The van der Waals surface area contributed by atoms with Gasteiger partial charge in [-0.1, -0.05) is 30.7 Å². The second-order valence-electron chi connectivity index (χ2n) is 4.83. The Kier molecular flexibility index (Phi) is 5.57. The second kappa shape index (κ2) is 7.42. The standard InChI is InChI=1S/C16H17ClN2O2S/c1-3-13(11-4-6-12(17)7-5-11)19-16(21)14-8-9-15(22-14)18-10(2)20/h4-9,13H,3H2,1-2H3,(H,18,20)(H,19,21). The van der Waals surface area contributed by atoms with Crippen molar-refractivity contribution in [2.45, 2.75) is 26.3 Å². The lowest BCUT2D eigenvalue weighted by Gasteiger charge is -2.17. The van der Waals surface area contributed by atoms with Crippen LogP contribution in [0.15, 0.2) is 36.4 Å². The van der Waals surface area contributed by atoms with Crippen molar-refractivity contribution in [3.63, 3.8) is 0 Å². The quantitative estimate of drug-likeness (QED) is 0.857. The molecule has 2 amide bonds. The van der Waals surface area contributed by atoms with Crippen molar-refractivity contribution in [3.05, 3.63) is 51.9 Å². The van der Waals surface area contributed by atoms with Crippen molar-refractivity contribution in [2.24, 2.45) is 0 Å². The van der Waals surface area contributed by atoms with Crippen LogP contribution < -0.4 is 10.6 Å². The molecule has 1 heterocycles. The highest BCUT2D eigenvalue weighted by atomic mass is 35.5. The van der Waals surface area contributed by atoms with Gasteiger partial charge in [0.1, 0.15) is 0 Å². The van der Waals surface area contributed by atoms with Crippen LogP contribution in [-0.4, -0.2) is 11.8 Å². The van der Waals surface area contributed by atoms with E-state index in [1.165, 1.54) is 18.3 Å². The van der Waals surface area contributed by atoms with Crippen molar-refractivity contribution in [1.82, 2.24) is 5.32 Å². The van der Waals surface area contributed by atoms with Gasteiger partial charge in [0.2, 0.25) is 5.91 Å². The SMILES string of the molecule is CCC(NC(=O)c1ccc(NC(C)=O)s1)c1ccc(Cl)cc1. The summed E-state index contributed by atoms with van der Waals surface area (Å²) in [6.45, 7) is 3.45. The van der Waals surface area contributed by atoms with E-state index in [-0.39, 0.29) is 17.9 Å². The van der Waals surface area contributed by atoms with Crippen LogP contribution in [0, 0.1) is 0 Å². The van der Waals surface area contributed by atoms with Crippen LogP contribution in [0.4, 0.5) is 5.00 Å². The number of hydrogen-bond acceptors (Lipinski definition) is 3. The zero-order chi connectivity index (χ0) is 16.1. The lowest BCUT2D eigenvalue weighted by atomic mass is 10.0. The average Bonchev–Trinajstić information content (AvgIpc) is 2.93. The number of anilines is 1. The van der Waals surface area contributed by atoms with E-state index in [1.807, 2.05) is 31.2 Å². The third-order valence-corrected chi connectivity index (χ3v) is 4.37. The molecule has 0 aliphatic heterocycles. The summed E-state index contributed by atoms with van der Waals surface area (Å²) in [6.07, 6.45) is 0.775. The van der Waals surface area contributed by atoms with Gasteiger partial charge >= 0.3 is 0 Å². The Hall–Kier alpha value is -1.85. The fourth-order valence-electron chi connectivity index (χ4n) is 2.05. The minimum atomic E-state index is -0.151. The minimum Gasteiger partial charge on any atom is -0.345 e. The number of hydrogen-bond donors (Lipinski definition) is 2. The molecule has 1 aromatic heterocycles. The maximum absolute atomic E-state index is 12.3. The third kappa shape index (κ3) is 4.32. The predicted molar refractivity (Wildman–Crippen MR) is 90.6 cm³/mol. The molecule has 4 nitrogen and oxygen atoms in total. The Morgan fingerprint density at radius 2 is 1.86 bits per heavy atom. The molecular formula is C16H17ClN2O2S. The van der Waals surface area contributed by atoms with Crippen molar-refractivity contribution in [3.8, 4) is 0 Å². The summed E-state index contributed by atoms with van der Waals surface area (Å²) in [4.78, 5) is 23.9. The van der Waals surface area contributed by atoms with E-state index in [9.17, 15) is 9.59 Å². The first-order valence-corrected chi connectivity index (χ1v) is 8.12. The molecule has 2 aromatic rings. The number of thiophene rings is 1. The van der Waals surface area contributed by atoms with E-state index in [1.54, 1.807) is 12.1 Å². The number of amides is 2. The fourth-order valence-corrected chi connectivity index (χ4v) is 3.03. The smallest absolute Gasteiger partial charge is 0.261 e. The Morgan fingerprint density at radius 3 is 2.45 bits per heavy atom. The van der Waals surface area contributed by atoms with Crippen molar-refractivity contribution in [2.75, 3.05) is 5.32 Å². The van der Waals surface area contributed by atoms with Gasteiger partial charge in [0.15, 0.2) is 0 Å². The zero-order valence-corrected chi connectivity index (χ0v) is 13.9. The summed E-state index contributed by atoms with van der Waals surface area (Å²) < 4.78 is 0. The molecule has 0 spiro atoms. The molecule has 0 saturated carbocycles. The number of nitrogens with one attached hydrogen (secondary N) is 2. The Labute approximate surface area is 138 Å². The maximum Gasteiger partial charge on any atom is 0.261 e. The molecule has 0 fully saturated rings. The molecule has 1 atom stereocenters. The summed E-state index contributed by atoms with van der Waals surface area (Å²) >= 11 is 7.14. The largest absolute Gasteiger partial charge is 0.345 e. The van der Waals surface area contributed by atoms with E-state index < -0.39 is 0 Å². The summed E-state index contributed by atoms with van der Waals surface area (Å²) in [5.41, 5.74) is 1.01. The maximum atomic E-state index is 12.3. The van der Waals surface area contributed by atoms with E-state index >= 15 is 0 Å². The molecule has 0 saturated heterocycles. The van der Waals surface area contributed by atoms with Crippen LogP contribution >= 0.6 is 22.9 Å². The topological polar surface area (TPSA) is 58.2 Å². The highest BCUT2D eigenvalue weighted by Crippen LogP contribution is 2.24. The number of rotatable bonds is 5. The molecule has 1 aromatic carbocycles. The number of halogens is 1. The first-order valence-electron chi connectivity index (χ1n) is 6.93. The monoisotopic (exact) mass is 336 g/mol. The number of carbonyl (C=O) groups is 2. The molecule has 2 N–H and O–H groups in total. The van der Waals surface area contributed by atoms with Gasteiger partial charge in [-0.3, -0.25) is 9.59 Å². The predicted octanol–water partition coefficient (Wildman–Crippen LogP) is 4.24. The van der Waals surface area contributed by atoms with Crippen molar-refractivity contribution >= 4 is 39.8 Å². The van der Waals surface area contributed by atoms with Crippen molar-refractivity contribution in [1.29, 1.82) is 0 Å². The number of benzene rings is 1. The van der Waals surface area contributed by atoms with Gasteiger partial charge in [-0.25, -0.2) is 0 Å². The molecule has 2 rings (SSSR count). The molecule has 0 aliphatic rings. The molecule has 0 aliphatic carbocycles. The molecule has 0 radical (unpaired) electrons. The molecule has 6 heteroatoms. The lowest BCUT2D eigenvalue weighted by Crippen LogP contribution is -2.27. The second-order valence-corrected chi connectivity index (χ2v) is 6.35. The van der Waals surface area contributed by atoms with E-state index in [0.717, 1.165) is 12.0 Å². The van der Waals surface area contributed by atoms with E-state index in [2.05, 4.69) is 10.6 Å². The first-order chi connectivity index (χ1) is 10.5. The minimum absolute atomic E-state index is 0.0731. The molecule has 22 heavy (non-hydrogen) atoms. The normalized spacial score (nSPS) is 11.8. The molecule has 116 valence electrons. The summed E-state index contributed by atoms with van der Waals surface area (Å²) in [7, 11) is 0.